The van der Waals surface area contributed by atoms with Crippen LogP contribution in [0, 0.1) is 5.41 Å². The van der Waals surface area contributed by atoms with Crippen LogP contribution in [-0.2, 0) is 0 Å². The zero-order valence-corrected chi connectivity index (χ0v) is 13.6. The first-order valence-corrected chi connectivity index (χ1v) is 8.40. The lowest BCUT2D eigenvalue weighted by molar-refractivity contribution is -0.149. The van der Waals surface area contributed by atoms with Crippen LogP contribution < -0.4 is 5.32 Å². The third-order valence-corrected chi connectivity index (χ3v) is 4.34. The number of hydrogen-bond acceptors (Lipinski definition) is 2. The van der Waals surface area contributed by atoms with E-state index in [2.05, 4.69) is 12.2 Å². The number of alkyl halides is 3. The van der Waals surface area contributed by atoms with Gasteiger partial charge in [-0.15, -0.1) is 0 Å². The van der Waals surface area contributed by atoms with Crippen molar-refractivity contribution in [2.45, 2.75) is 65.0 Å². The maximum Gasteiger partial charge on any atom is 0.401 e. The molecule has 0 heterocycles. The first kappa shape index (κ1) is 18.8. The molecule has 1 N–H and O–H groups in total. The lowest BCUT2D eigenvalue weighted by Gasteiger charge is -2.41. The van der Waals surface area contributed by atoms with Gasteiger partial charge in [-0.25, -0.2) is 0 Å². The molecule has 0 aromatic heterocycles. The van der Waals surface area contributed by atoms with Crippen LogP contribution in [-0.4, -0.2) is 43.8 Å². The van der Waals surface area contributed by atoms with Crippen molar-refractivity contribution in [3.63, 3.8) is 0 Å². The molecular weight excluding hydrogens is 277 g/mol. The summed E-state index contributed by atoms with van der Waals surface area (Å²) < 4.78 is 38.3. The summed E-state index contributed by atoms with van der Waals surface area (Å²) in [6.07, 6.45) is 3.39. The molecule has 1 rings (SSSR count). The van der Waals surface area contributed by atoms with Crippen LogP contribution in [0.2, 0.25) is 0 Å². The van der Waals surface area contributed by atoms with E-state index < -0.39 is 12.7 Å². The van der Waals surface area contributed by atoms with Gasteiger partial charge in [0.25, 0.3) is 0 Å². The Morgan fingerprint density at radius 3 is 2.24 bits per heavy atom. The van der Waals surface area contributed by atoms with Gasteiger partial charge in [0, 0.05) is 13.1 Å². The van der Waals surface area contributed by atoms with E-state index in [1.807, 2.05) is 6.92 Å². The monoisotopic (exact) mass is 308 g/mol. The molecule has 21 heavy (non-hydrogen) atoms. The molecule has 1 aliphatic rings. The molecule has 0 unspecified atom stereocenters. The van der Waals surface area contributed by atoms with Gasteiger partial charge in [-0.3, -0.25) is 4.90 Å². The van der Waals surface area contributed by atoms with Crippen molar-refractivity contribution >= 4 is 0 Å². The van der Waals surface area contributed by atoms with Crippen LogP contribution in [0.5, 0.6) is 0 Å². The van der Waals surface area contributed by atoms with Crippen LogP contribution in [0.4, 0.5) is 13.2 Å². The van der Waals surface area contributed by atoms with Crippen LogP contribution in [0.25, 0.3) is 0 Å². The van der Waals surface area contributed by atoms with Crippen LogP contribution in [0.1, 0.15) is 58.8 Å². The average molecular weight is 308 g/mol. The quantitative estimate of drug-likeness (QED) is 0.642. The lowest BCUT2D eigenvalue weighted by atomic mass is 9.73. The summed E-state index contributed by atoms with van der Waals surface area (Å²) in [6.45, 7) is 6.23. The summed E-state index contributed by atoms with van der Waals surface area (Å²) >= 11 is 0. The summed E-state index contributed by atoms with van der Waals surface area (Å²) in [4.78, 5) is 1.62. The number of halogens is 3. The summed E-state index contributed by atoms with van der Waals surface area (Å²) in [5.41, 5.74) is 0.0356. The SMILES string of the molecule is CCCNCC1(CN(CCC)CC(F)(F)F)CCCCC1. The van der Waals surface area contributed by atoms with Crippen molar-refractivity contribution in [2.75, 3.05) is 32.7 Å². The lowest BCUT2D eigenvalue weighted by Crippen LogP contribution is -2.48. The molecule has 0 aromatic rings. The van der Waals surface area contributed by atoms with E-state index in [-0.39, 0.29) is 5.41 Å². The first-order chi connectivity index (χ1) is 9.91. The van der Waals surface area contributed by atoms with Gasteiger partial charge in [-0.05, 0) is 44.2 Å². The van der Waals surface area contributed by atoms with Crippen molar-refractivity contribution in [1.29, 1.82) is 0 Å². The Balaban J connectivity index is 2.66. The number of rotatable bonds is 9. The molecule has 0 amide bonds. The molecular formula is C16H31F3N2. The maximum atomic E-state index is 12.8. The fourth-order valence-corrected chi connectivity index (χ4v) is 3.48. The summed E-state index contributed by atoms with van der Waals surface area (Å²) in [5, 5.41) is 3.45. The molecule has 0 aromatic carbocycles. The van der Waals surface area contributed by atoms with Gasteiger partial charge < -0.3 is 5.32 Å². The highest BCUT2D eigenvalue weighted by Crippen LogP contribution is 2.37. The van der Waals surface area contributed by atoms with E-state index in [1.165, 1.54) is 6.42 Å². The molecule has 0 saturated heterocycles. The Kier molecular flexibility index (Phi) is 8.03. The van der Waals surface area contributed by atoms with E-state index in [0.29, 0.717) is 13.1 Å². The molecule has 0 spiro atoms. The Bertz CT molecular complexity index is 273. The molecule has 0 aliphatic heterocycles. The summed E-state index contributed by atoms with van der Waals surface area (Å²) in [5.74, 6) is 0. The van der Waals surface area contributed by atoms with E-state index in [4.69, 9.17) is 0 Å². The highest BCUT2D eigenvalue weighted by Gasteiger charge is 2.37. The highest BCUT2D eigenvalue weighted by atomic mass is 19.4. The van der Waals surface area contributed by atoms with E-state index in [1.54, 1.807) is 4.90 Å². The van der Waals surface area contributed by atoms with Crippen LogP contribution in [0.3, 0.4) is 0 Å². The minimum Gasteiger partial charge on any atom is -0.316 e. The molecule has 1 fully saturated rings. The molecule has 1 aliphatic carbocycles. The Morgan fingerprint density at radius 1 is 1.05 bits per heavy atom. The van der Waals surface area contributed by atoms with Gasteiger partial charge >= 0.3 is 6.18 Å². The molecule has 0 atom stereocenters. The smallest absolute Gasteiger partial charge is 0.316 e. The largest absolute Gasteiger partial charge is 0.401 e. The predicted molar refractivity (Wildman–Crippen MR) is 81.5 cm³/mol. The molecule has 2 nitrogen and oxygen atoms in total. The average Bonchev–Trinajstić information content (AvgIpc) is 2.38. The normalized spacial score (nSPS) is 19.1. The van der Waals surface area contributed by atoms with Crippen molar-refractivity contribution in [1.82, 2.24) is 10.2 Å². The van der Waals surface area contributed by atoms with Gasteiger partial charge in [-0.2, -0.15) is 13.2 Å². The van der Waals surface area contributed by atoms with Crippen molar-refractivity contribution in [2.24, 2.45) is 5.41 Å². The van der Waals surface area contributed by atoms with E-state index in [0.717, 1.165) is 51.6 Å². The maximum absolute atomic E-state index is 12.8. The number of nitrogens with one attached hydrogen (secondary N) is 1. The molecule has 126 valence electrons. The Hall–Kier alpha value is -0.290. The van der Waals surface area contributed by atoms with Gasteiger partial charge in [-0.1, -0.05) is 33.1 Å². The number of hydrogen-bond donors (Lipinski definition) is 1. The van der Waals surface area contributed by atoms with Crippen molar-refractivity contribution in [3.8, 4) is 0 Å². The second kappa shape index (κ2) is 8.99. The van der Waals surface area contributed by atoms with Crippen LogP contribution in [0.15, 0.2) is 0 Å². The van der Waals surface area contributed by atoms with Gasteiger partial charge in [0.05, 0.1) is 6.54 Å². The second-order valence-electron chi connectivity index (χ2n) is 6.56. The zero-order chi connectivity index (χ0) is 15.8. The third kappa shape index (κ3) is 7.50. The van der Waals surface area contributed by atoms with Gasteiger partial charge in [0.2, 0.25) is 0 Å². The van der Waals surface area contributed by atoms with Gasteiger partial charge in [0.1, 0.15) is 0 Å². The Morgan fingerprint density at radius 2 is 1.71 bits per heavy atom. The fraction of sp³-hybridized carbons (Fsp3) is 1.00. The van der Waals surface area contributed by atoms with Crippen molar-refractivity contribution in [3.05, 3.63) is 0 Å². The Labute approximate surface area is 127 Å². The topological polar surface area (TPSA) is 15.3 Å². The van der Waals surface area contributed by atoms with E-state index >= 15 is 0 Å². The van der Waals surface area contributed by atoms with Crippen LogP contribution >= 0.6 is 0 Å². The minimum absolute atomic E-state index is 0.0356. The molecule has 5 heteroatoms. The minimum atomic E-state index is -4.10. The first-order valence-electron chi connectivity index (χ1n) is 8.40. The third-order valence-electron chi connectivity index (χ3n) is 4.34. The molecule has 1 saturated carbocycles. The summed E-state index contributed by atoms with van der Waals surface area (Å²) in [6, 6.07) is 0. The van der Waals surface area contributed by atoms with Crippen molar-refractivity contribution < 1.29 is 13.2 Å². The fourth-order valence-electron chi connectivity index (χ4n) is 3.48. The predicted octanol–water partition coefficient (Wildman–Crippen LogP) is 4.21. The summed E-state index contributed by atoms with van der Waals surface area (Å²) in [7, 11) is 0. The molecule has 0 bridgehead atoms. The highest BCUT2D eigenvalue weighted by molar-refractivity contribution is 4.88. The number of nitrogens with zero attached hydrogens (tertiary/aromatic N) is 1. The molecule has 0 radical (unpaired) electrons. The van der Waals surface area contributed by atoms with Gasteiger partial charge in [0.15, 0.2) is 0 Å². The zero-order valence-electron chi connectivity index (χ0n) is 13.6. The van der Waals surface area contributed by atoms with E-state index in [9.17, 15) is 13.2 Å². The second-order valence-corrected chi connectivity index (χ2v) is 6.56. The standard InChI is InChI=1S/C16H31F3N2/c1-3-10-20-12-15(8-6-5-7-9-15)13-21(11-4-2)14-16(17,18)19/h20H,3-14H2,1-2H3.